The molecule has 4 heterocycles. The van der Waals surface area contributed by atoms with Crippen LogP contribution in [-0.2, 0) is 38.0 Å². The highest BCUT2D eigenvalue weighted by Gasteiger charge is 2.56. The number of carbonyl (C=O) groups excluding carboxylic acids is 1. The third kappa shape index (κ3) is 4.65. The van der Waals surface area contributed by atoms with Crippen LogP contribution in [0.25, 0.3) is 0 Å². The van der Waals surface area contributed by atoms with E-state index in [0.717, 1.165) is 6.29 Å². The van der Waals surface area contributed by atoms with Gasteiger partial charge in [0.15, 0.2) is 24.2 Å². The van der Waals surface area contributed by atoms with Crippen molar-refractivity contribution in [1.29, 1.82) is 0 Å². The Hall–Kier alpha value is -0.690. The first-order valence-electron chi connectivity index (χ1n) is 9.81. The van der Waals surface area contributed by atoms with Crippen molar-refractivity contribution in [3.8, 4) is 0 Å². The fourth-order valence-corrected chi connectivity index (χ4v) is 4.03. The Labute approximate surface area is 170 Å². The largest absolute Gasteiger partial charge is 0.394 e. The minimum Gasteiger partial charge on any atom is -0.394 e. The van der Waals surface area contributed by atoms with Gasteiger partial charge in [-0.1, -0.05) is 6.92 Å². The fraction of sp³-hybridized carbons (Fsp3) is 0.947. The minimum absolute atomic E-state index is 0.0734. The van der Waals surface area contributed by atoms with E-state index in [1.165, 1.54) is 7.11 Å². The topological polar surface area (TPSA) is 122 Å². The summed E-state index contributed by atoms with van der Waals surface area (Å²) in [5, 5.41) is 18.5. The van der Waals surface area contributed by atoms with Gasteiger partial charge in [0.05, 0.1) is 6.61 Å². The number of methoxy groups -OCH3 is 1. The van der Waals surface area contributed by atoms with Gasteiger partial charge in [-0.15, -0.1) is 0 Å². The maximum atomic E-state index is 10.6. The highest BCUT2D eigenvalue weighted by atomic mass is 16.8. The van der Waals surface area contributed by atoms with E-state index in [9.17, 15) is 9.90 Å². The maximum Gasteiger partial charge on any atom is 0.190 e. The number of aliphatic hydroxyl groups is 2. The van der Waals surface area contributed by atoms with Crippen LogP contribution in [0.5, 0.6) is 0 Å². The maximum absolute atomic E-state index is 10.6. The summed E-state index contributed by atoms with van der Waals surface area (Å²) in [7, 11) is 1.52. The molecule has 0 aromatic heterocycles. The van der Waals surface area contributed by atoms with Crippen LogP contribution in [0.3, 0.4) is 0 Å². The molecule has 0 amide bonds. The van der Waals surface area contributed by atoms with Gasteiger partial charge >= 0.3 is 0 Å². The molecule has 4 rings (SSSR count). The van der Waals surface area contributed by atoms with Crippen LogP contribution in [0.4, 0.5) is 0 Å². The number of ether oxygens (including phenoxy) is 7. The summed E-state index contributed by atoms with van der Waals surface area (Å²) in [6.45, 7) is 8.83. The standard InChI is InChI=1S/C10H18O6.C9H14O4/c1-10(2)15-8-7(13-3)6(5(12)4-11)14-9(8)16-10;1-5-6(4-10)11-8-7(5)12-9(2,3)13-8/h5-9,11-12H,4H2,1-3H3;4-8H,1-3H3/t5-,6-,7-,8-,9-;5-,6-,7-,8-/m11/s1. The van der Waals surface area contributed by atoms with Crippen molar-refractivity contribution in [2.75, 3.05) is 13.7 Å². The molecule has 9 atom stereocenters. The molecule has 2 N–H and O–H groups in total. The lowest BCUT2D eigenvalue weighted by Crippen LogP contribution is -2.43. The molecular weight excluding hydrogens is 388 g/mol. The van der Waals surface area contributed by atoms with E-state index < -0.39 is 36.2 Å². The Balaban J connectivity index is 0.000000169. The summed E-state index contributed by atoms with van der Waals surface area (Å²) in [4.78, 5) is 10.6. The second kappa shape index (κ2) is 8.45. The van der Waals surface area contributed by atoms with Gasteiger partial charge in [-0.3, -0.25) is 0 Å². The number of fused-ring (bicyclic) bond motifs is 2. The summed E-state index contributed by atoms with van der Waals surface area (Å²) >= 11 is 0. The molecule has 0 unspecified atom stereocenters. The average molecular weight is 420 g/mol. The second-order valence-corrected chi connectivity index (χ2v) is 8.58. The first kappa shape index (κ1) is 23.0. The van der Waals surface area contributed by atoms with E-state index in [-0.39, 0.29) is 37.1 Å². The number of hydrogen-bond donors (Lipinski definition) is 2. The summed E-state index contributed by atoms with van der Waals surface area (Å²) in [5.41, 5.74) is 0. The molecule has 4 fully saturated rings. The Bertz CT molecular complexity index is 581. The molecule has 0 aromatic carbocycles. The molecule has 168 valence electrons. The summed E-state index contributed by atoms with van der Waals surface area (Å²) < 4.78 is 38.3. The van der Waals surface area contributed by atoms with Crippen LogP contribution in [0.2, 0.25) is 0 Å². The van der Waals surface area contributed by atoms with Crippen molar-refractivity contribution < 1.29 is 48.2 Å². The SMILES string of the molecule is CO[C@H]1[C@H]2OC(C)(C)O[C@H]2O[C@@H]1[C@H](O)CO.C[C@H]1[C@H]2OC(C)(C)O[C@H]2O[C@@H]1C=O. The molecule has 0 spiro atoms. The van der Waals surface area contributed by atoms with E-state index in [2.05, 4.69) is 0 Å². The average Bonchev–Trinajstić information content (AvgIpc) is 3.31. The number of aldehydes is 1. The molecule has 29 heavy (non-hydrogen) atoms. The van der Waals surface area contributed by atoms with Gasteiger partial charge in [0.25, 0.3) is 0 Å². The van der Waals surface area contributed by atoms with E-state index in [1.54, 1.807) is 13.8 Å². The Morgan fingerprint density at radius 1 is 1.00 bits per heavy atom. The molecule has 4 aliphatic heterocycles. The van der Waals surface area contributed by atoms with Crippen molar-refractivity contribution >= 4 is 6.29 Å². The van der Waals surface area contributed by atoms with Gasteiger partial charge < -0.3 is 48.2 Å². The molecular formula is C19H32O10. The van der Waals surface area contributed by atoms with Gasteiger partial charge in [-0.2, -0.15) is 0 Å². The van der Waals surface area contributed by atoms with Crippen LogP contribution in [-0.4, -0.2) is 91.0 Å². The fourth-order valence-electron chi connectivity index (χ4n) is 4.03. The number of aliphatic hydroxyl groups excluding tert-OH is 2. The molecule has 0 radical (unpaired) electrons. The van der Waals surface area contributed by atoms with E-state index in [4.69, 9.17) is 38.3 Å². The number of hydrogen-bond acceptors (Lipinski definition) is 10. The van der Waals surface area contributed by atoms with E-state index in [0.29, 0.717) is 0 Å². The van der Waals surface area contributed by atoms with Crippen LogP contribution in [0.15, 0.2) is 0 Å². The Morgan fingerprint density at radius 3 is 2.03 bits per heavy atom. The van der Waals surface area contributed by atoms with Crippen LogP contribution in [0.1, 0.15) is 34.6 Å². The molecule has 4 aliphatic rings. The third-order valence-corrected chi connectivity index (χ3v) is 5.42. The predicted octanol–water partition coefficient (Wildman–Crippen LogP) is -0.0712. The lowest BCUT2D eigenvalue weighted by Gasteiger charge is -2.26. The van der Waals surface area contributed by atoms with Gasteiger partial charge in [0, 0.05) is 13.0 Å². The monoisotopic (exact) mass is 420 g/mol. The molecule has 0 saturated carbocycles. The smallest absolute Gasteiger partial charge is 0.190 e. The predicted molar refractivity (Wildman–Crippen MR) is 96.5 cm³/mol. The van der Waals surface area contributed by atoms with Crippen molar-refractivity contribution in [1.82, 2.24) is 0 Å². The zero-order chi connectivity index (χ0) is 21.6. The number of carbonyl (C=O) groups is 1. The van der Waals surface area contributed by atoms with Crippen LogP contribution < -0.4 is 0 Å². The van der Waals surface area contributed by atoms with Crippen molar-refractivity contribution in [2.24, 2.45) is 5.92 Å². The summed E-state index contributed by atoms with van der Waals surface area (Å²) in [5.74, 6) is -1.22. The van der Waals surface area contributed by atoms with Crippen molar-refractivity contribution in [3.05, 3.63) is 0 Å². The second-order valence-electron chi connectivity index (χ2n) is 8.58. The van der Waals surface area contributed by atoms with Crippen LogP contribution in [0, 0.1) is 5.92 Å². The zero-order valence-corrected chi connectivity index (χ0v) is 17.6. The van der Waals surface area contributed by atoms with Crippen molar-refractivity contribution in [3.63, 3.8) is 0 Å². The first-order chi connectivity index (χ1) is 13.5. The van der Waals surface area contributed by atoms with Gasteiger partial charge in [0.1, 0.15) is 42.9 Å². The Kier molecular flexibility index (Phi) is 6.69. The zero-order valence-electron chi connectivity index (χ0n) is 17.6. The van der Waals surface area contributed by atoms with E-state index in [1.807, 2.05) is 20.8 Å². The van der Waals surface area contributed by atoms with Crippen molar-refractivity contribution in [2.45, 2.75) is 95.4 Å². The Morgan fingerprint density at radius 2 is 1.55 bits per heavy atom. The highest BCUT2D eigenvalue weighted by Crippen LogP contribution is 2.40. The molecule has 0 bridgehead atoms. The quantitative estimate of drug-likeness (QED) is 0.598. The third-order valence-electron chi connectivity index (χ3n) is 5.42. The first-order valence-corrected chi connectivity index (χ1v) is 9.81. The minimum atomic E-state index is -0.995. The van der Waals surface area contributed by atoms with Crippen LogP contribution >= 0.6 is 0 Å². The normalized spacial score (nSPS) is 45.2. The van der Waals surface area contributed by atoms with Gasteiger partial charge in [-0.05, 0) is 27.7 Å². The lowest BCUT2D eigenvalue weighted by atomic mass is 10.0. The van der Waals surface area contributed by atoms with E-state index >= 15 is 0 Å². The molecule has 4 saturated heterocycles. The lowest BCUT2D eigenvalue weighted by molar-refractivity contribution is -0.229. The molecule has 10 heteroatoms. The summed E-state index contributed by atoms with van der Waals surface area (Å²) in [6.07, 6.45) is -3.03. The molecule has 0 aliphatic carbocycles. The summed E-state index contributed by atoms with van der Waals surface area (Å²) in [6, 6.07) is 0. The van der Waals surface area contributed by atoms with Gasteiger partial charge in [-0.25, -0.2) is 0 Å². The molecule has 0 aromatic rings. The highest BCUT2D eigenvalue weighted by molar-refractivity contribution is 5.57. The number of rotatable bonds is 4. The molecule has 10 nitrogen and oxygen atoms in total. The van der Waals surface area contributed by atoms with Gasteiger partial charge in [0.2, 0.25) is 0 Å².